The van der Waals surface area contributed by atoms with Crippen molar-refractivity contribution in [1.29, 1.82) is 0 Å². The highest BCUT2D eigenvalue weighted by Crippen LogP contribution is 2.31. The van der Waals surface area contributed by atoms with Crippen molar-refractivity contribution in [1.82, 2.24) is 20.1 Å². The molecule has 0 bridgehead atoms. The SMILES string of the molecule is CCC(c1cn[nH]c1)N1CCN(c2cccnc2-c2ccc(F)cc2)CC1.Cl. The monoisotopic (exact) mass is 401 g/mol. The van der Waals surface area contributed by atoms with Crippen LogP contribution >= 0.6 is 12.4 Å². The Bertz CT molecular complexity index is 861. The highest BCUT2D eigenvalue weighted by molar-refractivity contribution is 5.85. The third kappa shape index (κ3) is 4.18. The van der Waals surface area contributed by atoms with Crippen LogP contribution in [-0.2, 0) is 0 Å². The molecule has 0 spiro atoms. The second kappa shape index (κ2) is 9.17. The van der Waals surface area contributed by atoms with Gasteiger partial charge in [0, 0.05) is 55.7 Å². The van der Waals surface area contributed by atoms with Crippen LogP contribution < -0.4 is 4.90 Å². The zero-order valence-corrected chi connectivity index (χ0v) is 16.7. The van der Waals surface area contributed by atoms with E-state index in [2.05, 4.69) is 38.0 Å². The smallest absolute Gasteiger partial charge is 0.123 e. The van der Waals surface area contributed by atoms with Crippen molar-refractivity contribution in [2.24, 2.45) is 0 Å². The first-order valence-corrected chi connectivity index (χ1v) is 9.45. The summed E-state index contributed by atoms with van der Waals surface area (Å²) in [6.07, 6.45) is 6.78. The predicted molar refractivity (Wildman–Crippen MR) is 112 cm³/mol. The fourth-order valence-corrected chi connectivity index (χ4v) is 3.90. The molecule has 0 aliphatic carbocycles. The standard InChI is InChI=1S/C21H24FN5.ClH/c1-2-19(17-14-24-25-15-17)26-10-12-27(13-11-26)20-4-3-9-23-21(20)16-5-7-18(22)8-6-16;/h3-9,14-15,19H,2,10-13H2,1H3,(H,24,25);1H. The number of hydrogen-bond acceptors (Lipinski definition) is 4. The number of benzene rings is 1. The van der Waals surface area contributed by atoms with Crippen molar-refractivity contribution in [3.8, 4) is 11.3 Å². The van der Waals surface area contributed by atoms with E-state index in [9.17, 15) is 4.39 Å². The molecule has 1 fully saturated rings. The van der Waals surface area contributed by atoms with E-state index < -0.39 is 0 Å². The number of nitrogens with one attached hydrogen (secondary N) is 1. The van der Waals surface area contributed by atoms with Crippen molar-refractivity contribution < 1.29 is 4.39 Å². The summed E-state index contributed by atoms with van der Waals surface area (Å²) in [5.74, 6) is -0.227. The number of pyridine rings is 1. The molecule has 1 aromatic carbocycles. The van der Waals surface area contributed by atoms with Gasteiger partial charge in [-0.1, -0.05) is 6.92 Å². The van der Waals surface area contributed by atoms with Crippen LogP contribution in [0.4, 0.5) is 10.1 Å². The molecule has 1 saturated heterocycles. The van der Waals surface area contributed by atoms with Crippen molar-refractivity contribution in [3.05, 3.63) is 66.4 Å². The van der Waals surface area contributed by atoms with E-state index in [1.54, 1.807) is 18.3 Å². The van der Waals surface area contributed by atoms with Gasteiger partial charge in [0.05, 0.1) is 17.6 Å². The quantitative estimate of drug-likeness (QED) is 0.692. The molecule has 4 rings (SSSR count). The number of aromatic nitrogens is 3. The summed E-state index contributed by atoms with van der Waals surface area (Å²) in [4.78, 5) is 9.48. The van der Waals surface area contributed by atoms with Crippen LogP contribution in [0.5, 0.6) is 0 Å². The average Bonchev–Trinajstić information content (AvgIpc) is 3.24. The van der Waals surface area contributed by atoms with Gasteiger partial charge in [-0.25, -0.2) is 4.39 Å². The van der Waals surface area contributed by atoms with Gasteiger partial charge in [0.1, 0.15) is 5.82 Å². The molecule has 28 heavy (non-hydrogen) atoms. The molecule has 1 N–H and O–H groups in total. The van der Waals surface area contributed by atoms with Crippen molar-refractivity contribution in [2.45, 2.75) is 19.4 Å². The Kier molecular flexibility index (Phi) is 6.65. The Morgan fingerprint density at radius 1 is 1.11 bits per heavy atom. The van der Waals surface area contributed by atoms with E-state index in [0.717, 1.165) is 49.5 Å². The van der Waals surface area contributed by atoms with Gasteiger partial charge in [0.2, 0.25) is 0 Å². The van der Waals surface area contributed by atoms with Crippen LogP contribution in [0.2, 0.25) is 0 Å². The molecule has 1 atom stereocenters. The molecule has 0 saturated carbocycles. The largest absolute Gasteiger partial charge is 0.367 e. The van der Waals surface area contributed by atoms with E-state index in [0.29, 0.717) is 6.04 Å². The lowest BCUT2D eigenvalue weighted by atomic mass is 10.0. The van der Waals surface area contributed by atoms with E-state index in [-0.39, 0.29) is 18.2 Å². The molecule has 3 aromatic rings. The fraction of sp³-hybridized carbons (Fsp3) is 0.333. The summed E-state index contributed by atoms with van der Waals surface area (Å²) >= 11 is 0. The Hall–Kier alpha value is -2.44. The summed E-state index contributed by atoms with van der Waals surface area (Å²) in [5.41, 5.74) is 4.21. The topological polar surface area (TPSA) is 48.1 Å². The summed E-state index contributed by atoms with van der Waals surface area (Å²) in [6, 6.07) is 11.0. The van der Waals surface area contributed by atoms with Crippen LogP contribution in [0.1, 0.15) is 24.9 Å². The number of aromatic amines is 1. The van der Waals surface area contributed by atoms with E-state index in [4.69, 9.17) is 0 Å². The second-order valence-corrected chi connectivity index (χ2v) is 6.86. The lowest BCUT2D eigenvalue weighted by Gasteiger charge is -2.40. The van der Waals surface area contributed by atoms with Crippen LogP contribution in [-0.4, -0.2) is 46.3 Å². The number of halogens is 2. The van der Waals surface area contributed by atoms with E-state index in [1.807, 2.05) is 18.5 Å². The minimum absolute atomic E-state index is 0. The summed E-state index contributed by atoms with van der Waals surface area (Å²) in [7, 11) is 0. The minimum atomic E-state index is -0.227. The summed E-state index contributed by atoms with van der Waals surface area (Å²) in [5, 5.41) is 7.03. The second-order valence-electron chi connectivity index (χ2n) is 6.86. The molecular weight excluding hydrogens is 377 g/mol. The zero-order chi connectivity index (χ0) is 18.6. The molecule has 0 amide bonds. The van der Waals surface area contributed by atoms with Gasteiger partial charge in [0.25, 0.3) is 0 Å². The van der Waals surface area contributed by atoms with Crippen LogP contribution in [0.25, 0.3) is 11.3 Å². The van der Waals surface area contributed by atoms with Crippen LogP contribution in [0, 0.1) is 5.82 Å². The normalized spacial score (nSPS) is 15.9. The molecule has 0 radical (unpaired) electrons. The van der Waals surface area contributed by atoms with E-state index in [1.165, 1.54) is 17.7 Å². The van der Waals surface area contributed by atoms with Crippen molar-refractivity contribution >= 4 is 18.1 Å². The maximum Gasteiger partial charge on any atom is 0.123 e. The predicted octanol–water partition coefficient (Wildman–Crippen LogP) is 4.31. The van der Waals surface area contributed by atoms with Crippen LogP contribution in [0.3, 0.4) is 0 Å². The minimum Gasteiger partial charge on any atom is -0.367 e. The van der Waals surface area contributed by atoms with Gasteiger partial charge in [-0.2, -0.15) is 5.10 Å². The molecule has 2 aromatic heterocycles. The Labute approximate surface area is 171 Å². The molecule has 3 heterocycles. The van der Waals surface area contributed by atoms with Crippen LogP contribution in [0.15, 0.2) is 55.0 Å². The van der Waals surface area contributed by atoms with E-state index >= 15 is 0 Å². The highest BCUT2D eigenvalue weighted by atomic mass is 35.5. The molecule has 148 valence electrons. The van der Waals surface area contributed by atoms with Gasteiger partial charge in [-0.15, -0.1) is 12.4 Å². The first-order valence-electron chi connectivity index (χ1n) is 9.45. The lowest BCUT2D eigenvalue weighted by molar-refractivity contribution is 0.181. The first-order chi connectivity index (χ1) is 13.3. The lowest BCUT2D eigenvalue weighted by Crippen LogP contribution is -2.47. The van der Waals surface area contributed by atoms with Crippen molar-refractivity contribution in [3.63, 3.8) is 0 Å². The third-order valence-electron chi connectivity index (χ3n) is 5.29. The fourth-order valence-electron chi connectivity index (χ4n) is 3.90. The number of hydrogen-bond donors (Lipinski definition) is 1. The number of rotatable bonds is 5. The van der Waals surface area contributed by atoms with Gasteiger partial charge >= 0.3 is 0 Å². The summed E-state index contributed by atoms with van der Waals surface area (Å²) < 4.78 is 13.3. The van der Waals surface area contributed by atoms with Gasteiger partial charge in [-0.3, -0.25) is 15.0 Å². The Morgan fingerprint density at radius 2 is 1.86 bits per heavy atom. The molecule has 1 aliphatic rings. The number of anilines is 1. The maximum atomic E-state index is 13.3. The zero-order valence-electron chi connectivity index (χ0n) is 15.9. The molecule has 1 aliphatic heterocycles. The first kappa shape index (κ1) is 20.3. The number of H-pyrrole nitrogens is 1. The molecule has 7 heteroatoms. The van der Waals surface area contributed by atoms with Crippen molar-refractivity contribution in [2.75, 3.05) is 31.1 Å². The highest BCUT2D eigenvalue weighted by Gasteiger charge is 2.25. The number of nitrogens with zero attached hydrogens (tertiary/aromatic N) is 4. The summed E-state index contributed by atoms with van der Waals surface area (Å²) in [6.45, 7) is 6.07. The third-order valence-corrected chi connectivity index (χ3v) is 5.29. The average molecular weight is 402 g/mol. The molecule has 1 unspecified atom stereocenters. The van der Waals surface area contributed by atoms with Gasteiger partial charge < -0.3 is 4.90 Å². The number of piperazine rings is 1. The maximum absolute atomic E-state index is 13.3. The molecular formula is C21H25ClFN5. The van der Waals surface area contributed by atoms with Gasteiger partial charge in [-0.05, 0) is 42.8 Å². The van der Waals surface area contributed by atoms with Gasteiger partial charge in [0.15, 0.2) is 0 Å². The molecule has 5 nitrogen and oxygen atoms in total. The Morgan fingerprint density at radius 3 is 2.50 bits per heavy atom. The Balaban J connectivity index is 0.00000225.